The molecule has 0 unspecified atom stereocenters. The second-order valence-electron chi connectivity index (χ2n) is 5.70. The van der Waals surface area contributed by atoms with Gasteiger partial charge in [-0.15, -0.1) is 13.2 Å². The zero-order valence-electron chi connectivity index (χ0n) is 16.2. The summed E-state index contributed by atoms with van der Waals surface area (Å²) in [6.07, 6.45) is -4.40. The van der Waals surface area contributed by atoms with Crippen molar-refractivity contribution in [2.24, 2.45) is 10.7 Å². The molecule has 0 aliphatic rings. The van der Waals surface area contributed by atoms with Gasteiger partial charge in [0.2, 0.25) is 0 Å². The topological polar surface area (TPSA) is 87.3 Å². The molecule has 0 atom stereocenters. The number of guanidine groups is 1. The first kappa shape index (κ1) is 22.0. The number of benzene rings is 2. The maximum Gasteiger partial charge on any atom is 0.573 e. The lowest BCUT2D eigenvalue weighted by Crippen LogP contribution is -2.25. The molecular weight excluding hydrogens is 391 g/mol. The summed E-state index contributed by atoms with van der Waals surface area (Å²) in [6.45, 7) is 0.236. The van der Waals surface area contributed by atoms with Crippen molar-refractivity contribution < 1.29 is 32.1 Å². The lowest BCUT2D eigenvalue weighted by Gasteiger charge is -2.15. The Hall–Kier alpha value is -3.30. The van der Waals surface area contributed by atoms with Gasteiger partial charge in [-0.1, -0.05) is 12.1 Å². The SMILES string of the molecule is COc1cc(OC)c(CCN=C(N)Nc2ccccc2OC(F)(F)F)c(OC)c1. The number of nitrogens with one attached hydrogen (secondary N) is 1. The van der Waals surface area contributed by atoms with Crippen molar-refractivity contribution in [2.45, 2.75) is 12.8 Å². The summed E-state index contributed by atoms with van der Waals surface area (Å²) in [5, 5.41) is 2.62. The summed E-state index contributed by atoms with van der Waals surface area (Å²) in [4.78, 5) is 4.15. The van der Waals surface area contributed by atoms with E-state index in [9.17, 15) is 13.2 Å². The van der Waals surface area contributed by atoms with E-state index < -0.39 is 12.1 Å². The van der Waals surface area contributed by atoms with E-state index in [1.54, 1.807) is 18.2 Å². The average molecular weight is 413 g/mol. The van der Waals surface area contributed by atoms with E-state index >= 15 is 0 Å². The predicted molar refractivity (Wildman–Crippen MR) is 103 cm³/mol. The van der Waals surface area contributed by atoms with Crippen LogP contribution in [-0.4, -0.2) is 40.2 Å². The largest absolute Gasteiger partial charge is 0.573 e. The van der Waals surface area contributed by atoms with Crippen LogP contribution in [0.5, 0.6) is 23.0 Å². The number of nitrogens with two attached hydrogens (primary N) is 1. The summed E-state index contributed by atoms with van der Waals surface area (Å²) < 4.78 is 57.4. The first-order valence-corrected chi connectivity index (χ1v) is 8.48. The van der Waals surface area contributed by atoms with Gasteiger partial charge in [-0.25, -0.2) is 0 Å². The van der Waals surface area contributed by atoms with Gasteiger partial charge in [-0.05, 0) is 18.6 Å². The number of anilines is 1. The van der Waals surface area contributed by atoms with Crippen LogP contribution < -0.4 is 30.0 Å². The third kappa shape index (κ3) is 6.37. The number of alkyl halides is 3. The highest BCUT2D eigenvalue weighted by Crippen LogP contribution is 2.34. The first-order chi connectivity index (χ1) is 13.8. The van der Waals surface area contributed by atoms with Crippen LogP contribution in [0.1, 0.15) is 5.56 Å². The van der Waals surface area contributed by atoms with Crippen LogP contribution in [0, 0.1) is 0 Å². The zero-order chi connectivity index (χ0) is 21.4. The normalized spacial score (nSPS) is 11.7. The summed E-state index contributed by atoms with van der Waals surface area (Å²) in [7, 11) is 4.58. The highest BCUT2D eigenvalue weighted by Gasteiger charge is 2.32. The summed E-state index contributed by atoms with van der Waals surface area (Å²) in [6, 6.07) is 8.98. The molecule has 2 aromatic carbocycles. The number of halogens is 3. The Balaban J connectivity index is 2.11. The third-order valence-electron chi connectivity index (χ3n) is 3.84. The van der Waals surface area contributed by atoms with E-state index in [2.05, 4.69) is 15.0 Å². The number of hydrogen-bond donors (Lipinski definition) is 2. The molecule has 0 saturated carbocycles. The molecular formula is C19H22F3N3O4. The van der Waals surface area contributed by atoms with Gasteiger partial charge in [0, 0.05) is 24.2 Å². The van der Waals surface area contributed by atoms with Crippen LogP contribution >= 0.6 is 0 Å². The van der Waals surface area contributed by atoms with Gasteiger partial charge in [0.15, 0.2) is 11.7 Å². The maximum absolute atomic E-state index is 12.5. The van der Waals surface area contributed by atoms with E-state index in [1.807, 2.05) is 0 Å². The summed E-state index contributed by atoms with van der Waals surface area (Å²) >= 11 is 0. The standard InChI is InChI=1S/C19H22F3N3O4/c1-26-12-10-16(27-2)13(17(11-12)28-3)8-9-24-18(23)25-14-6-4-5-7-15(14)29-19(20,21)22/h4-7,10-11H,8-9H2,1-3H3,(H3,23,24,25). The Morgan fingerprint density at radius 2 is 1.62 bits per heavy atom. The molecule has 2 aromatic rings. The molecule has 0 saturated heterocycles. The van der Waals surface area contributed by atoms with Crippen molar-refractivity contribution in [3.05, 3.63) is 42.0 Å². The van der Waals surface area contributed by atoms with E-state index in [4.69, 9.17) is 19.9 Å². The van der Waals surface area contributed by atoms with Gasteiger partial charge in [0.25, 0.3) is 0 Å². The molecule has 158 valence electrons. The number of rotatable bonds is 8. The molecule has 0 fully saturated rings. The molecule has 0 spiro atoms. The Kier molecular flexibility index (Phi) is 7.40. The Bertz CT molecular complexity index is 832. The highest BCUT2D eigenvalue weighted by atomic mass is 19.4. The van der Waals surface area contributed by atoms with Crippen molar-refractivity contribution in [2.75, 3.05) is 33.2 Å². The van der Waals surface area contributed by atoms with E-state index in [0.717, 1.165) is 5.56 Å². The Morgan fingerprint density at radius 1 is 1.00 bits per heavy atom. The molecule has 0 radical (unpaired) electrons. The summed E-state index contributed by atoms with van der Waals surface area (Å²) in [5.74, 6) is 1.23. The minimum atomic E-state index is -4.81. The maximum atomic E-state index is 12.5. The zero-order valence-corrected chi connectivity index (χ0v) is 16.2. The van der Waals surface area contributed by atoms with Crippen LogP contribution in [-0.2, 0) is 6.42 Å². The minimum Gasteiger partial charge on any atom is -0.496 e. The van der Waals surface area contributed by atoms with E-state index in [1.165, 1.54) is 39.5 Å². The van der Waals surface area contributed by atoms with Gasteiger partial charge in [-0.2, -0.15) is 0 Å². The second kappa shape index (κ2) is 9.76. The van der Waals surface area contributed by atoms with E-state index in [-0.39, 0.29) is 18.2 Å². The fourth-order valence-electron chi connectivity index (χ4n) is 2.57. The van der Waals surface area contributed by atoms with Crippen LogP contribution in [0.15, 0.2) is 41.4 Å². The van der Waals surface area contributed by atoms with Crippen molar-refractivity contribution >= 4 is 11.6 Å². The number of para-hydroxylation sites is 2. The number of nitrogens with zero attached hydrogens (tertiary/aromatic N) is 1. The average Bonchev–Trinajstić information content (AvgIpc) is 2.68. The molecule has 3 N–H and O–H groups in total. The quantitative estimate of drug-likeness (QED) is 0.508. The van der Waals surface area contributed by atoms with Gasteiger partial charge in [-0.3, -0.25) is 4.99 Å². The van der Waals surface area contributed by atoms with Crippen LogP contribution in [0.25, 0.3) is 0 Å². The fourth-order valence-corrected chi connectivity index (χ4v) is 2.57. The number of ether oxygens (including phenoxy) is 4. The molecule has 0 aliphatic heterocycles. The molecule has 7 nitrogen and oxygen atoms in total. The lowest BCUT2D eigenvalue weighted by atomic mass is 10.1. The molecule has 29 heavy (non-hydrogen) atoms. The van der Waals surface area contributed by atoms with Crippen LogP contribution in [0.2, 0.25) is 0 Å². The summed E-state index contributed by atoms with van der Waals surface area (Å²) in [5.41, 5.74) is 6.61. The third-order valence-corrected chi connectivity index (χ3v) is 3.84. The molecule has 10 heteroatoms. The number of aliphatic imine (C=N–C) groups is 1. The van der Waals surface area contributed by atoms with Crippen molar-refractivity contribution in [1.29, 1.82) is 0 Å². The monoisotopic (exact) mass is 413 g/mol. The van der Waals surface area contributed by atoms with E-state index in [0.29, 0.717) is 23.7 Å². The van der Waals surface area contributed by atoms with Crippen LogP contribution in [0.4, 0.5) is 18.9 Å². The number of methoxy groups -OCH3 is 3. The van der Waals surface area contributed by atoms with Crippen molar-refractivity contribution in [3.63, 3.8) is 0 Å². The second-order valence-corrected chi connectivity index (χ2v) is 5.70. The fraction of sp³-hybridized carbons (Fsp3) is 0.316. The predicted octanol–water partition coefficient (Wildman–Crippen LogP) is 3.58. The van der Waals surface area contributed by atoms with Gasteiger partial charge < -0.3 is 30.0 Å². The molecule has 0 heterocycles. The van der Waals surface area contributed by atoms with Crippen molar-refractivity contribution in [3.8, 4) is 23.0 Å². The van der Waals surface area contributed by atoms with Gasteiger partial charge >= 0.3 is 6.36 Å². The molecule has 0 amide bonds. The van der Waals surface area contributed by atoms with Gasteiger partial charge in [0.1, 0.15) is 17.2 Å². The van der Waals surface area contributed by atoms with Crippen LogP contribution in [0.3, 0.4) is 0 Å². The smallest absolute Gasteiger partial charge is 0.496 e. The van der Waals surface area contributed by atoms with Gasteiger partial charge in [0.05, 0.1) is 27.0 Å². The molecule has 2 rings (SSSR count). The Labute approximate surface area is 166 Å². The Morgan fingerprint density at radius 3 is 2.17 bits per heavy atom. The van der Waals surface area contributed by atoms with Crippen molar-refractivity contribution in [1.82, 2.24) is 0 Å². The first-order valence-electron chi connectivity index (χ1n) is 8.48. The molecule has 0 aliphatic carbocycles. The lowest BCUT2D eigenvalue weighted by molar-refractivity contribution is -0.274. The minimum absolute atomic E-state index is 0.0469. The molecule has 0 aromatic heterocycles. The molecule has 0 bridgehead atoms. The number of hydrogen-bond acceptors (Lipinski definition) is 5. The highest BCUT2D eigenvalue weighted by molar-refractivity contribution is 5.93.